The van der Waals surface area contributed by atoms with Crippen LogP contribution >= 0.6 is 0 Å². The minimum absolute atomic E-state index is 0.146. The predicted molar refractivity (Wildman–Crippen MR) is 72.3 cm³/mol. The third kappa shape index (κ3) is 3.23. The summed E-state index contributed by atoms with van der Waals surface area (Å²) in [7, 11) is 0. The maximum absolute atomic E-state index is 12.1. The molecule has 7 heteroatoms. The van der Waals surface area contributed by atoms with Crippen LogP contribution in [0.15, 0.2) is 23.1 Å². The van der Waals surface area contributed by atoms with Crippen molar-refractivity contribution in [2.75, 3.05) is 13.1 Å². The molecule has 0 aromatic carbocycles. The fraction of sp³-hybridized carbons (Fsp3) is 0.538. The highest BCUT2D eigenvalue weighted by Gasteiger charge is 2.21. The Morgan fingerprint density at radius 2 is 2.25 bits per heavy atom. The van der Waals surface area contributed by atoms with E-state index in [0.29, 0.717) is 19.0 Å². The molecule has 2 heterocycles. The first-order valence-corrected chi connectivity index (χ1v) is 6.60. The monoisotopic (exact) mass is 279 g/mol. The molecule has 1 aliphatic heterocycles. The third-order valence-electron chi connectivity index (χ3n) is 3.49. The number of carbonyl (C=O) groups is 1. The highest BCUT2D eigenvalue weighted by molar-refractivity contribution is 5.76. The zero-order valence-electron chi connectivity index (χ0n) is 11.3. The second-order valence-corrected chi connectivity index (χ2v) is 5.20. The summed E-state index contributed by atoms with van der Waals surface area (Å²) < 4.78 is 1.10. The molecule has 0 spiro atoms. The second-order valence-electron chi connectivity index (χ2n) is 5.20. The van der Waals surface area contributed by atoms with Crippen LogP contribution in [0.3, 0.4) is 0 Å². The summed E-state index contributed by atoms with van der Waals surface area (Å²) in [5.41, 5.74) is -0.599. The molecule has 1 amide bonds. The Morgan fingerprint density at radius 3 is 2.90 bits per heavy atom. The zero-order valence-corrected chi connectivity index (χ0v) is 11.3. The highest BCUT2D eigenvalue weighted by Crippen LogP contribution is 2.16. The highest BCUT2D eigenvalue weighted by atomic mass is 16.6. The van der Waals surface area contributed by atoms with E-state index in [-0.39, 0.29) is 18.1 Å². The van der Waals surface area contributed by atoms with Gasteiger partial charge in [-0.05, 0) is 18.8 Å². The van der Waals surface area contributed by atoms with Gasteiger partial charge in [0.1, 0.15) is 6.54 Å². The van der Waals surface area contributed by atoms with Gasteiger partial charge >= 0.3 is 0 Å². The molecule has 7 nitrogen and oxygen atoms in total. The summed E-state index contributed by atoms with van der Waals surface area (Å²) in [6.45, 7) is 3.31. The summed E-state index contributed by atoms with van der Waals surface area (Å²) in [5, 5.41) is 10.7. The Kier molecular flexibility index (Phi) is 4.16. The van der Waals surface area contributed by atoms with Gasteiger partial charge in [-0.3, -0.25) is 24.3 Å². The van der Waals surface area contributed by atoms with Crippen LogP contribution in [0.1, 0.15) is 19.8 Å². The van der Waals surface area contributed by atoms with Crippen molar-refractivity contribution in [2.24, 2.45) is 5.92 Å². The van der Waals surface area contributed by atoms with Crippen LogP contribution in [0.4, 0.5) is 5.69 Å². The molecular weight excluding hydrogens is 262 g/mol. The van der Waals surface area contributed by atoms with Crippen molar-refractivity contribution >= 4 is 11.6 Å². The van der Waals surface area contributed by atoms with E-state index in [1.165, 1.54) is 0 Å². The SMILES string of the molecule is C[C@H]1CCCN(C(=O)Cn2cc([N+](=O)[O-])ccc2=O)C1. The zero-order chi connectivity index (χ0) is 14.7. The van der Waals surface area contributed by atoms with Crippen LogP contribution in [0.2, 0.25) is 0 Å². The Labute approximate surface area is 116 Å². The van der Waals surface area contributed by atoms with Crippen LogP contribution in [-0.4, -0.2) is 33.4 Å². The van der Waals surface area contributed by atoms with Gasteiger partial charge in [0.05, 0.1) is 11.1 Å². The second kappa shape index (κ2) is 5.85. The van der Waals surface area contributed by atoms with Gasteiger partial charge in [0.2, 0.25) is 5.91 Å². The van der Waals surface area contributed by atoms with Gasteiger partial charge in [-0.25, -0.2) is 0 Å². The van der Waals surface area contributed by atoms with E-state index in [9.17, 15) is 19.7 Å². The Bertz CT molecular complexity index is 581. The first-order chi connectivity index (χ1) is 9.47. The molecule has 108 valence electrons. The first kappa shape index (κ1) is 14.2. The smallest absolute Gasteiger partial charge is 0.285 e. The minimum Gasteiger partial charge on any atom is -0.341 e. The van der Waals surface area contributed by atoms with E-state index in [4.69, 9.17) is 0 Å². The number of amides is 1. The fourth-order valence-corrected chi connectivity index (χ4v) is 2.41. The molecule has 0 saturated carbocycles. The lowest BCUT2D eigenvalue weighted by Gasteiger charge is -2.31. The summed E-state index contributed by atoms with van der Waals surface area (Å²) >= 11 is 0. The van der Waals surface area contributed by atoms with Crippen LogP contribution in [-0.2, 0) is 11.3 Å². The lowest BCUT2D eigenvalue weighted by atomic mass is 10.0. The van der Waals surface area contributed by atoms with Crippen LogP contribution in [0.25, 0.3) is 0 Å². The van der Waals surface area contributed by atoms with Crippen molar-refractivity contribution in [3.63, 3.8) is 0 Å². The number of aromatic nitrogens is 1. The molecule has 1 fully saturated rings. The number of rotatable bonds is 3. The van der Waals surface area contributed by atoms with Crippen molar-refractivity contribution in [3.05, 3.63) is 38.8 Å². The maximum atomic E-state index is 12.1. The number of pyridine rings is 1. The molecule has 1 atom stereocenters. The van der Waals surface area contributed by atoms with Crippen molar-refractivity contribution in [3.8, 4) is 0 Å². The van der Waals surface area contributed by atoms with Crippen molar-refractivity contribution < 1.29 is 9.72 Å². The lowest BCUT2D eigenvalue weighted by Crippen LogP contribution is -2.42. The molecular formula is C13H17N3O4. The third-order valence-corrected chi connectivity index (χ3v) is 3.49. The largest absolute Gasteiger partial charge is 0.341 e. The quantitative estimate of drug-likeness (QED) is 0.610. The normalized spacial score (nSPS) is 18.9. The van der Waals surface area contributed by atoms with Gasteiger partial charge in [0.25, 0.3) is 11.2 Å². The first-order valence-electron chi connectivity index (χ1n) is 6.60. The van der Waals surface area contributed by atoms with Crippen molar-refractivity contribution in [2.45, 2.75) is 26.3 Å². The summed E-state index contributed by atoms with van der Waals surface area (Å²) in [6.07, 6.45) is 3.17. The van der Waals surface area contributed by atoms with E-state index in [1.54, 1.807) is 4.90 Å². The van der Waals surface area contributed by atoms with E-state index in [2.05, 4.69) is 6.92 Å². The van der Waals surface area contributed by atoms with Gasteiger partial charge in [0, 0.05) is 25.2 Å². The molecule has 0 radical (unpaired) electrons. The molecule has 1 saturated heterocycles. The Balaban J connectivity index is 2.13. The van der Waals surface area contributed by atoms with Gasteiger partial charge in [-0.2, -0.15) is 0 Å². The Hall–Kier alpha value is -2.18. The number of carbonyl (C=O) groups excluding carboxylic acids is 1. The molecule has 1 aromatic heterocycles. The summed E-state index contributed by atoms with van der Waals surface area (Å²) in [6, 6.07) is 2.26. The Morgan fingerprint density at radius 1 is 1.50 bits per heavy atom. The van der Waals surface area contributed by atoms with Crippen molar-refractivity contribution in [1.29, 1.82) is 0 Å². The average molecular weight is 279 g/mol. The summed E-state index contributed by atoms with van der Waals surface area (Å²) in [5.74, 6) is 0.286. The van der Waals surface area contributed by atoms with Gasteiger partial charge in [-0.1, -0.05) is 6.92 Å². The van der Waals surface area contributed by atoms with Gasteiger partial charge in [-0.15, -0.1) is 0 Å². The average Bonchev–Trinajstić information content (AvgIpc) is 2.41. The van der Waals surface area contributed by atoms with E-state index >= 15 is 0 Å². The number of hydrogen-bond acceptors (Lipinski definition) is 4. The molecule has 0 unspecified atom stereocenters. The molecule has 0 aliphatic carbocycles. The van der Waals surface area contributed by atoms with Crippen LogP contribution in [0.5, 0.6) is 0 Å². The standard InChI is InChI=1S/C13H17N3O4/c1-10-3-2-6-14(7-10)13(18)9-15-8-11(16(19)20)4-5-12(15)17/h4-5,8,10H,2-3,6-7,9H2,1H3/t10-/m0/s1. The minimum atomic E-state index is -0.580. The van der Waals surface area contributed by atoms with E-state index in [1.807, 2.05) is 0 Å². The number of nitro groups is 1. The number of piperidine rings is 1. The topological polar surface area (TPSA) is 85.4 Å². The number of hydrogen-bond donors (Lipinski definition) is 0. The number of likely N-dealkylation sites (tertiary alicyclic amines) is 1. The van der Waals surface area contributed by atoms with Crippen LogP contribution in [0, 0.1) is 16.0 Å². The maximum Gasteiger partial charge on any atom is 0.285 e. The molecule has 1 aliphatic rings. The molecule has 0 bridgehead atoms. The van der Waals surface area contributed by atoms with E-state index in [0.717, 1.165) is 35.7 Å². The fourth-order valence-electron chi connectivity index (χ4n) is 2.41. The van der Waals surface area contributed by atoms with Gasteiger partial charge in [0.15, 0.2) is 0 Å². The predicted octanol–water partition coefficient (Wildman–Crippen LogP) is 1.02. The lowest BCUT2D eigenvalue weighted by molar-refractivity contribution is -0.385. The van der Waals surface area contributed by atoms with E-state index < -0.39 is 10.5 Å². The van der Waals surface area contributed by atoms with Gasteiger partial charge < -0.3 is 4.90 Å². The summed E-state index contributed by atoms with van der Waals surface area (Å²) in [4.78, 5) is 35.6. The van der Waals surface area contributed by atoms with Crippen molar-refractivity contribution in [1.82, 2.24) is 9.47 Å². The molecule has 0 N–H and O–H groups in total. The molecule has 2 rings (SSSR count). The van der Waals surface area contributed by atoms with Crippen LogP contribution < -0.4 is 5.56 Å². The molecule has 20 heavy (non-hydrogen) atoms. The number of nitrogens with zero attached hydrogens (tertiary/aromatic N) is 3. The molecule has 1 aromatic rings.